The number of hydrogen-bond donors (Lipinski definition) is 3. The lowest BCUT2D eigenvalue weighted by atomic mass is 10.0. The first-order valence-electron chi connectivity index (χ1n) is 11.1. The maximum Gasteiger partial charge on any atom is 0.404 e. The van der Waals surface area contributed by atoms with Gasteiger partial charge < -0.3 is 30.1 Å². The van der Waals surface area contributed by atoms with Crippen molar-refractivity contribution < 1.29 is 24.2 Å². The van der Waals surface area contributed by atoms with Gasteiger partial charge in [-0.3, -0.25) is 4.79 Å². The molecule has 9 nitrogen and oxygen atoms in total. The number of aryl methyl sites for hydroxylation is 1. The summed E-state index contributed by atoms with van der Waals surface area (Å²) in [5.74, 6) is 0.553. The Kier molecular flexibility index (Phi) is 8.09. The molecular formula is C22H34N4O5. The fraction of sp³-hybridized carbons (Fsp3) is 0.682. The van der Waals surface area contributed by atoms with Crippen LogP contribution in [0.3, 0.4) is 0 Å². The lowest BCUT2D eigenvalue weighted by Gasteiger charge is -2.34. The van der Waals surface area contributed by atoms with Crippen LogP contribution in [0.25, 0.3) is 0 Å². The minimum absolute atomic E-state index is 0.0255. The van der Waals surface area contributed by atoms with E-state index in [4.69, 9.17) is 14.6 Å². The third kappa shape index (κ3) is 6.80. The Morgan fingerprint density at radius 1 is 1.35 bits per heavy atom. The van der Waals surface area contributed by atoms with Crippen LogP contribution in [0.5, 0.6) is 5.88 Å². The molecular weight excluding hydrogens is 400 g/mol. The molecule has 31 heavy (non-hydrogen) atoms. The van der Waals surface area contributed by atoms with Gasteiger partial charge >= 0.3 is 6.09 Å². The maximum atomic E-state index is 13.3. The molecule has 0 spiro atoms. The number of hydrogen-bond acceptors (Lipinski definition) is 6. The van der Waals surface area contributed by atoms with Gasteiger partial charge in [0.1, 0.15) is 6.10 Å². The molecule has 2 aliphatic rings. The molecule has 2 unspecified atom stereocenters. The molecule has 2 amide bonds. The zero-order valence-electron chi connectivity index (χ0n) is 18.6. The standard InChI is InChI=1S/C22H34N4O5/c1-14(2)31-20-12-16(11-17(25-20)5-4-8-24-22(28)29)15(3)26(18-6-7-18)21(27)19-13-23-9-10-30-19/h11-12,14-15,18-19,23-24H,4-10,13H2,1-3H3,(H,28,29). The second kappa shape index (κ2) is 10.8. The van der Waals surface area contributed by atoms with E-state index in [1.54, 1.807) is 0 Å². The first kappa shape index (κ1) is 23.3. The van der Waals surface area contributed by atoms with Crippen LogP contribution in [0.15, 0.2) is 12.1 Å². The second-order valence-corrected chi connectivity index (χ2v) is 8.45. The Morgan fingerprint density at radius 3 is 2.74 bits per heavy atom. The first-order chi connectivity index (χ1) is 14.8. The van der Waals surface area contributed by atoms with Crippen molar-refractivity contribution >= 4 is 12.0 Å². The summed E-state index contributed by atoms with van der Waals surface area (Å²) in [5.41, 5.74) is 1.79. The van der Waals surface area contributed by atoms with E-state index < -0.39 is 12.2 Å². The number of amides is 2. The van der Waals surface area contributed by atoms with Crippen molar-refractivity contribution in [2.45, 2.75) is 70.7 Å². The third-order valence-corrected chi connectivity index (χ3v) is 5.42. The van der Waals surface area contributed by atoms with Gasteiger partial charge in [0.15, 0.2) is 0 Å². The average Bonchev–Trinajstić information content (AvgIpc) is 3.56. The lowest BCUT2D eigenvalue weighted by Crippen LogP contribution is -2.50. The minimum atomic E-state index is -1.03. The smallest absolute Gasteiger partial charge is 0.404 e. The van der Waals surface area contributed by atoms with Crippen LogP contribution in [0, 0.1) is 0 Å². The average molecular weight is 435 g/mol. The first-order valence-corrected chi connectivity index (χ1v) is 11.1. The van der Waals surface area contributed by atoms with Gasteiger partial charge in [-0.25, -0.2) is 9.78 Å². The third-order valence-electron chi connectivity index (χ3n) is 5.42. The van der Waals surface area contributed by atoms with Crippen molar-refractivity contribution in [2.75, 3.05) is 26.2 Å². The number of pyridine rings is 1. The van der Waals surface area contributed by atoms with Crippen LogP contribution in [0.1, 0.15) is 57.3 Å². The van der Waals surface area contributed by atoms with Gasteiger partial charge in [0.25, 0.3) is 5.91 Å². The molecule has 1 saturated heterocycles. The van der Waals surface area contributed by atoms with E-state index in [9.17, 15) is 9.59 Å². The summed E-state index contributed by atoms with van der Waals surface area (Å²) in [5, 5.41) is 14.4. The molecule has 3 N–H and O–H groups in total. The topological polar surface area (TPSA) is 113 Å². The molecule has 0 bridgehead atoms. The Hall–Kier alpha value is -2.39. The quantitative estimate of drug-likeness (QED) is 0.483. The van der Waals surface area contributed by atoms with E-state index in [2.05, 4.69) is 15.6 Å². The summed E-state index contributed by atoms with van der Waals surface area (Å²) in [4.78, 5) is 30.5. The summed E-state index contributed by atoms with van der Waals surface area (Å²) >= 11 is 0. The molecule has 0 radical (unpaired) electrons. The summed E-state index contributed by atoms with van der Waals surface area (Å²) in [7, 11) is 0. The summed E-state index contributed by atoms with van der Waals surface area (Å²) in [6.07, 6.45) is 1.74. The molecule has 2 heterocycles. The van der Waals surface area contributed by atoms with Gasteiger partial charge in [0, 0.05) is 37.4 Å². The maximum absolute atomic E-state index is 13.3. The Balaban J connectivity index is 1.79. The van der Waals surface area contributed by atoms with E-state index in [-0.39, 0.29) is 24.1 Å². The van der Waals surface area contributed by atoms with E-state index in [1.807, 2.05) is 37.8 Å². The molecule has 1 saturated carbocycles. The largest absolute Gasteiger partial charge is 0.475 e. The van der Waals surface area contributed by atoms with Crippen LogP contribution in [0.2, 0.25) is 0 Å². The highest BCUT2D eigenvalue weighted by Crippen LogP contribution is 2.36. The molecule has 2 fully saturated rings. The summed E-state index contributed by atoms with van der Waals surface area (Å²) in [6, 6.07) is 4.01. The molecule has 1 aliphatic carbocycles. The van der Waals surface area contributed by atoms with Gasteiger partial charge in [-0.2, -0.15) is 0 Å². The Morgan fingerprint density at radius 2 is 2.13 bits per heavy atom. The molecule has 2 atom stereocenters. The zero-order valence-corrected chi connectivity index (χ0v) is 18.6. The molecule has 9 heteroatoms. The number of carbonyl (C=O) groups is 2. The number of carbonyl (C=O) groups excluding carboxylic acids is 1. The number of nitrogens with one attached hydrogen (secondary N) is 2. The number of rotatable bonds is 10. The van der Waals surface area contributed by atoms with Gasteiger partial charge in [0.05, 0.1) is 18.8 Å². The van der Waals surface area contributed by atoms with Crippen molar-refractivity contribution in [1.29, 1.82) is 0 Å². The fourth-order valence-corrected chi connectivity index (χ4v) is 3.81. The number of ether oxygens (including phenoxy) is 2. The van der Waals surface area contributed by atoms with E-state index in [0.29, 0.717) is 38.4 Å². The predicted octanol–water partition coefficient (Wildman–Crippen LogP) is 2.11. The molecule has 1 aromatic heterocycles. The summed E-state index contributed by atoms with van der Waals surface area (Å²) in [6.45, 7) is 8.13. The minimum Gasteiger partial charge on any atom is -0.475 e. The fourth-order valence-electron chi connectivity index (χ4n) is 3.81. The van der Waals surface area contributed by atoms with Crippen molar-refractivity contribution in [3.63, 3.8) is 0 Å². The lowest BCUT2D eigenvalue weighted by molar-refractivity contribution is -0.148. The van der Waals surface area contributed by atoms with Crippen LogP contribution >= 0.6 is 0 Å². The SMILES string of the molecule is CC(C)Oc1cc(C(C)N(C(=O)C2CNCCO2)C2CC2)cc(CCCNC(=O)O)n1. The molecule has 3 rings (SSSR count). The van der Waals surface area contributed by atoms with Crippen molar-refractivity contribution in [3.05, 3.63) is 23.4 Å². The second-order valence-electron chi connectivity index (χ2n) is 8.45. The number of nitrogens with zero attached hydrogens (tertiary/aromatic N) is 2. The normalized spacial score (nSPS) is 19.7. The Bertz CT molecular complexity index is 762. The highest BCUT2D eigenvalue weighted by Gasteiger charge is 2.40. The highest BCUT2D eigenvalue weighted by molar-refractivity contribution is 5.82. The van der Waals surface area contributed by atoms with Gasteiger partial charge in [-0.1, -0.05) is 0 Å². The predicted molar refractivity (Wildman–Crippen MR) is 115 cm³/mol. The van der Waals surface area contributed by atoms with Crippen molar-refractivity contribution in [3.8, 4) is 5.88 Å². The Labute approximate surface area is 183 Å². The van der Waals surface area contributed by atoms with E-state index in [1.165, 1.54) is 0 Å². The van der Waals surface area contributed by atoms with Crippen molar-refractivity contribution in [1.82, 2.24) is 20.5 Å². The molecule has 1 aromatic rings. The van der Waals surface area contributed by atoms with E-state index >= 15 is 0 Å². The van der Waals surface area contributed by atoms with Crippen LogP contribution in [-0.2, 0) is 16.0 Å². The van der Waals surface area contributed by atoms with Crippen LogP contribution in [0.4, 0.5) is 4.79 Å². The summed E-state index contributed by atoms with van der Waals surface area (Å²) < 4.78 is 11.6. The van der Waals surface area contributed by atoms with Crippen molar-refractivity contribution in [2.24, 2.45) is 0 Å². The van der Waals surface area contributed by atoms with Crippen LogP contribution in [-0.4, -0.2) is 71.5 Å². The van der Waals surface area contributed by atoms with Crippen LogP contribution < -0.4 is 15.4 Å². The highest BCUT2D eigenvalue weighted by atomic mass is 16.5. The monoisotopic (exact) mass is 434 g/mol. The molecule has 0 aromatic carbocycles. The van der Waals surface area contributed by atoms with Gasteiger partial charge in [-0.15, -0.1) is 0 Å². The molecule has 1 aliphatic heterocycles. The van der Waals surface area contributed by atoms with Gasteiger partial charge in [0.2, 0.25) is 5.88 Å². The van der Waals surface area contributed by atoms with E-state index in [0.717, 1.165) is 30.6 Å². The molecule has 172 valence electrons. The zero-order chi connectivity index (χ0) is 22.4. The number of carboxylic acid groups (broad SMARTS) is 1. The number of morpholine rings is 1. The van der Waals surface area contributed by atoms with Gasteiger partial charge in [-0.05, 0) is 58.1 Å². The number of aromatic nitrogens is 1.